The first kappa shape index (κ1) is 15.3. The highest BCUT2D eigenvalue weighted by Crippen LogP contribution is 2.55. The minimum absolute atomic E-state index is 0.103. The number of ether oxygens (including phenoxy) is 2. The van der Waals surface area contributed by atoms with E-state index in [0.717, 1.165) is 36.1 Å². The molecule has 126 valence electrons. The summed E-state index contributed by atoms with van der Waals surface area (Å²) in [5, 5.41) is 10.9. The zero-order valence-electron chi connectivity index (χ0n) is 14.1. The van der Waals surface area contributed by atoms with Gasteiger partial charge in [0, 0.05) is 17.0 Å². The minimum atomic E-state index is -0.497. The van der Waals surface area contributed by atoms with Gasteiger partial charge < -0.3 is 14.6 Å². The van der Waals surface area contributed by atoms with Crippen molar-refractivity contribution in [2.75, 3.05) is 27.8 Å². The Morgan fingerprint density at radius 3 is 2.79 bits per heavy atom. The number of carbonyl (C=O) groups is 1. The van der Waals surface area contributed by atoms with Gasteiger partial charge >= 0.3 is 0 Å². The predicted molar refractivity (Wildman–Crippen MR) is 89.3 cm³/mol. The Kier molecular flexibility index (Phi) is 3.25. The van der Waals surface area contributed by atoms with Crippen molar-refractivity contribution < 1.29 is 19.4 Å². The number of allylic oxidation sites excluding steroid dienone is 2. The van der Waals surface area contributed by atoms with E-state index in [1.165, 1.54) is 7.11 Å². The van der Waals surface area contributed by atoms with Crippen molar-refractivity contribution in [1.29, 1.82) is 0 Å². The smallest absolute Gasteiger partial charge is 0.220 e. The Morgan fingerprint density at radius 2 is 2.08 bits per heavy atom. The van der Waals surface area contributed by atoms with Crippen LogP contribution in [-0.2, 0) is 21.4 Å². The van der Waals surface area contributed by atoms with Gasteiger partial charge in [0.15, 0.2) is 17.3 Å². The van der Waals surface area contributed by atoms with E-state index in [4.69, 9.17) is 9.47 Å². The number of methoxy groups -OCH3 is 2. The third-order valence-electron chi connectivity index (χ3n) is 5.70. The number of ketones is 1. The Balaban J connectivity index is 2.03. The normalized spacial score (nSPS) is 28.5. The van der Waals surface area contributed by atoms with Gasteiger partial charge in [-0.1, -0.05) is 6.07 Å². The molecule has 2 atom stereocenters. The average Bonchev–Trinajstić information content (AvgIpc) is 2.58. The zero-order valence-corrected chi connectivity index (χ0v) is 14.1. The van der Waals surface area contributed by atoms with Crippen molar-refractivity contribution in [1.82, 2.24) is 4.90 Å². The fourth-order valence-corrected chi connectivity index (χ4v) is 4.50. The number of nitrogens with zero attached hydrogens (tertiary/aromatic N) is 1. The lowest BCUT2D eigenvalue weighted by atomic mass is 9.58. The standard InChI is InChI=1S/C19H21NO4/c1-20-7-6-19-10-16(24-3)14(21)9-12(19)13(20)8-11-4-5-15(23-2)18(22)17(11)19/h4-5,9-10,13,22H,6-8H2,1-3H3/t13-,19+/m1/s1. The van der Waals surface area contributed by atoms with Crippen molar-refractivity contribution in [2.24, 2.45) is 0 Å². The van der Waals surface area contributed by atoms with E-state index in [-0.39, 0.29) is 17.6 Å². The molecule has 0 aromatic heterocycles. The summed E-state index contributed by atoms with van der Waals surface area (Å²) in [6.45, 7) is 0.889. The van der Waals surface area contributed by atoms with Crippen molar-refractivity contribution in [3.63, 3.8) is 0 Å². The molecule has 1 aliphatic heterocycles. The largest absolute Gasteiger partial charge is 0.504 e. The van der Waals surface area contributed by atoms with Gasteiger partial charge in [0.05, 0.1) is 14.2 Å². The molecular formula is C19H21NO4. The summed E-state index contributed by atoms with van der Waals surface area (Å²) < 4.78 is 10.6. The molecule has 1 heterocycles. The van der Waals surface area contributed by atoms with Crippen LogP contribution in [0.4, 0.5) is 0 Å². The molecule has 0 spiro atoms. The molecule has 5 nitrogen and oxygen atoms in total. The average molecular weight is 327 g/mol. The van der Waals surface area contributed by atoms with E-state index in [0.29, 0.717) is 11.5 Å². The highest BCUT2D eigenvalue weighted by molar-refractivity contribution is 6.05. The maximum Gasteiger partial charge on any atom is 0.220 e. The maximum absolute atomic E-state index is 12.4. The van der Waals surface area contributed by atoms with Crippen LogP contribution in [0.1, 0.15) is 17.5 Å². The first-order valence-corrected chi connectivity index (χ1v) is 8.14. The molecule has 1 saturated heterocycles. The van der Waals surface area contributed by atoms with E-state index in [9.17, 15) is 9.90 Å². The molecule has 0 saturated carbocycles. The molecule has 24 heavy (non-hydrogen) atoms. The number of aromatic hydroxyl groups is 1. The van der Waals surface area contributed by atoms with Crippen molar-refractivity contribution >= 4 is 5.78 Å². The highest BCUT2D eigenvalue weighted by atomic mass is 16.5. The summed E-state index contributed by atoms with van der Waals surface area (Å²) in [6.07, 6.45) is 5.18. The molecule has 5 heteroatoms. The van der Waals surface area contributed by atoms with Gasteiger partial charge in [-0.25, -0.2) is 0 Å². The highest BCUT2D eigenvalue weighted by Gasteiger charge is 2.52. The fourth-order valence-electron chi connectivity index (χ4n) is 4.50. The summed E-state index contributed by atoms with van der Waals surface area (Å²) in [6, 6.07) is 4.00. The quantitative estimate of drug-likeness (QED) is 0.899. The number of phenols is 1. The number of hydrogen-bond acceptors (Lipinski definition) is 5. The van der Waals surface area contributed by atoms with E-state index in [2.05, 4.69) is 11.9 Å². The number of hydrogen-bond donors (Lipinski definition) is 1. The van der Waals surface area contributed by atoms with Gasteiger partial charge in [-0.3, -0.25) is 9.69 Å². The lowest BCUT2D eigenvalue weighted by Crippen LogP contribution is -2.54. The zero-order chi connectivity index (χ0) is 17.1. The van der Waals surface area contributed by atoms with Crippen molar-refractivity contribution in [3.05, 3.63) is 46.7 Å². The van der Waals surface area contributed by atoms with Gasteiger partial charge in [0.2, 0.25) is 5.78 Å². The molecular weight excluding hydrogens is 306 g/mol. The van der Waals surface area contributed by atoms with Crippen LogP contribution >= 0.6 is 0 Å². The third-order valence-corrected chi connectivity index (χ3v) is 5.70. The summed E-state index contributed by atoms with van der Waals surface area (Å²) in [7, 11) is 5.15. The van der Waals surface area contributed by atoms with Crippen LogP contribution < -0.4 is 4.74 Å². The number of piperidine rings is 1. The molecule has 1 aromatic rings. The van der Waals surface area contributed by atoms with Gasteiger partial charge in [-0.05, 0) is 55.8 Å². The Bertz CT molecular complexity index is 795. The van der Waals surface area contributed by atoms with Crippen LogP contribution in [0.15, 0.2) is 35.6 Å². The molecule has 1 N–H and O–H groups in total. The number of likely N-dealkylation sites (tertiary alicyclic amines) is 1. The van der Waals surface area contributed by atoms with Gasteiger partial charge in [0.25, 0.3) is 0 Å². The van der Waals surface area contributed by atoms with Crippen LogP contribution in [0, 0.1) is 0 Å². The maximum atomic E-state index is 12.4. The molecule has 0 radical (unpaired) electrons. The first-order valence-electron chi connectivity index (χ1n) is 8.14. The second kappa shape index (κ2) is 5.11. The lowest BCUT2D eigenvalue weighted by molar-refractivity contribution is -0.114. The molecule has 2 bridgehead atoms. The second-order valence-corrected chi connectivity index (χ2v) is 6.75. The van der Waals surface area contributed by atoms with Crippen molar-refractivity contribution in [3.8, 4) is 11.5 Å². The molecule has 4 rings (SSSR count). The van der Waals surface area contributed by atoms with E-state index in [1.54, 1.807) is 13.2 Å². The topological polar surface area (TPSA) is 59.0 Å². The molecule has 3 aliphatic rings. The van der Waals surface area contributed by atoms with Crippen LogP contribution in [0.3, 0.4) is 0 Å². The minimum Gasteiger partial charge on any atom is -0.504 e. The molecule has 0 amide bonds. The monoisotopic (exact) mass is 327 g/mol. The van der Waals surface area contributed by atoms with E-state index < -0.39 is 5.41 Å². The van der Waals surface area contributed by atoms with Gasteiger partial charge in [-0.15, -0.1) is 0 Å². The summed E-state index contributed by atoms with van der Waals surface area (Å²) in [5.74, 6) is 0.875. The molecule has 2 aliphatic carbocycles. The number of carbonyl (C=O) groups excluding carboxylic acids is 1. The molecule has 1 aromatic carbocycles. The van der Waals surface area contributed by atoms with Crippen LogP contribution in [0.5, 0.6) is 11.5 Å². The number of benzene rings is 1. The van der Waals surface area contributed by atoms with Crippen LogP contribution in [0.2, 0.25) is 0 Å². The summed E-state index contributed by atoms with van der Waals surface area (Å²) in [4.78, 5) is 14.6. The molecule has 0 unspecified atom stereocenters. The van der Waals surface area contributed by atoms with Gasteiger partial charge in [0.1, 0.15) is 0 Å². The predicted octanol–water partition coefficient (Wildman–Crippen LogP) is 1.94. The Labute approximate surface area is 141 Å². The third kappa shape index (κ3) is 1.82. The SMILES string of the molecule is COC1=C[C@]23CCN(C)[C@H](Cc4ccc(OC)c(O)c42)C3=CC1=O. The van der Waals surface area contributed by atoms with Crippen molar-refractivity contribution in [2.45, 2.75) is 24.3 Å². The lowest BCUT2D eigenvalue weighted by Gasteiger charge is -2.52. The Hall–Kier alpha value is -2.27. The summed E-state index contributed by atoms with van der Waals surface area (Å²) in [5.41, 5.74) is 2.52. The van der Waals surface area contributed by atoms with Crippen LogP contribution in [-0.4, -0.2) is 49.6 Å². The number of rotatable bonds is 2. The van der Waals surface area contributed by atoms with Crippen LogP contribution in [0.25, 0.3) is 0 Å². The number of fused-ring (bicyclic) bond motifs is 1. The van der Waals surface area contributed by atoms with Gasteiger partial charge in [-0.2, -0.15) is 0 Å². The van der Waals surface area contributed by atoms with E-state index >= 15 is 0 Å². The fraction of sp³-hybridized carbons (Fsp3) is 0.421. The Morgan fingerprint density at radius 1 is 1.29 bits per heavy atom. The second-order valence-electron chi connectivity index (χ2n) is 6.75. The number of likely N-dealkylation sites (N-methyl/N-ethyl adjacent to an activating group) is 1. The number of phenolic OH excluding ortho intramolecular Hbond substituents is 1. The first-order chi connectivity index (χ1) is 11.5. The molecule has 1 fully saturated rings. The van der Waals surface area contributed by atoms with E-state index in [1.807, 2.05) is 18.2 Å². The summed E-state index contributed by atoms with van der Waals surface area (Å²) >= 11 is 0.